The van der Waals surface area contributed by atoms with Crippen molar-refractivity contribution in [1.29, 1.82) is 0 Å². The smallest absolute Gasteiger partial charge is 0.322 e. The molecule has 2 rings (SSSR count). The van der Waals surface area contributed by atoms with Crippen molar-refractivity contribution >= 4 is 5.97 Å². The van der Waals surface area contributed by atoms with E-state index in [-0.39, 0.29) is 0 Å². The Kier molecular flexibility index (Phi) is 4.93. The molecule has 19 heavy (non-hydrogen) atoms. The molecular formula is C15H22N2O2. The van der Waals surface area contributed by atoms with Gasteiger partial charge in [-0.05, 0) is 30.5 Å². The molecule has 1 aliphatic rings. The van der Waals surface area contributed by atoms with Crippen LogP contribution in [0, 0.1) is 0 Å². The van der Waals surface area contributed by atoms with Gasteiger partial charge < -0.3 is 10.4 Å². The number of carboxylic acid groups (broad SMARTS) is 1. The maximum absolute atomic E-state index is 11.2. The van der Waals surface area contributed by atoms with Gasteiger partial charge in [-0.15, -0.1) is 0 Å². The first-order valence-corrected chi connectivity index (χ1v) is 6.96. The Morgan fingerprint density at radius 2 is 2.16 bits per heavy atom. The number of aliphatic carboxylic acids is 1. The number of carboxylic acids is 1. The number of nitrogens with zero attached hydrogens (tertiary/aromatic N) is 1. The lowest BCUT2D eigenvalue weighted by Crippen LogP contribution is -2.47. The molecule has 0 saturated heterocycles. The van der Waals surface area contributed by atoms with Gasteiger partial charge in [0.25, 0.3) is 0 Å². The van der Waals surface area contributed by atoms with Crippen LogP contribution in [0.4, 0.5) is 0 Å². The minimum Gasteiger partial charge on any atom is -0.480 e. The summed E-state index contributed by atoms with van der Waals surface area (Å²) in [5.74, 6) is -0.757. The van der Waals surface area contributed by atoms with E-state index in [0.717, 1.165) is 32.5 Å². The number of hydrogen-bond acceptors (Lipinski definition) is 3. The third-order valence-electron chi connectivity index (χ3n) is 3.59. The topological polar surface area (TPSA) is 52.6 Å². The predicted molar refractivity (Wildman–Crippen MR) is 75.1 cm³/mol. The largest absolute Gasteiger partial charge is 0.480 e. The van der Waals surface area contributed by atoms with Crippen LogP contribution in [0.2, 0.25) is 0 Å². The van der Waals surface area contributed by atoms with Crippen LogP contribution < -0.4 is 5.32 Å². The van der Waals surface area contributed by atoms with Crippen molar-refractivity contribution in [3.63, 3.8) is 0 Å². The molecule has 0 saturated carbocycles. The normalized spacial score (nSPS) is 16.9. The highest BCUT2D eigenvalue weighted by Gasteiger charge is 2.23. The van der Waals surface area contributed by atoms with Crippen molar-refractivity contribution in [2.75, 3.05) is 19.6 Å². The minimum absolute atomic E-state index is 0.467. The van der Waals surface area contributed by atoms with Crippen molar-refractivity contribution in [3.05, 3.63) is 35.4 Å². The highest BCUT2D eigenvalue weighted by Crippen LogP contribution is 2.18. The van der Waals surface area contributed by atoms with Gasteiger partial charge in [-0.1, -0.05) is 31.2 Å². The molecule has 1 heterocycles. The van der Waals surface area contributed by atoms with E-state index >= 15 is 0 Å². The van der Waals surface area contributed by atoms with Gasteiger partial charge in [-0.25, -0.2) is 0 Å². The number of carbonyl (C=O) groups is 1. The fourth-order valence-corrected chi connectivity index (χ4v) is 2.52. The summed E-state index contributed by atoms with van der Waals surface area (Å²) in [5, 5.41) is 12.3. The number of nitrogens with one attached hydrogen (secondary N) is 1. The second-order valence-electron chi connectivity index (χ2n) is 5.10. The van der Waals surface area contributed by atoms with Crippen LogP contribution in [0.15, 0.2) is 24.3 Å². The Morgan fingerprint density at radius 1 is 1.42 bits per heavy atom. The lowest BCUT2D eigenvalue weighted by atomic mass is 9.99. The highest BCUT2D eigenvalue weighted by atomic mass is 16.4. The van der Waals surface area contributed by atoms with Gasteiger partial charge in [-0.3, -0.25) is 9.69 Å². The van der Waals surface area contributed by atoms with E-state index in [9.17, 15) is 9.90 Å². The molecule has 0 aliphatic carbocycles. The summed E-state index contributed by atoms with van der Waals surface area (Å²) >= 11 is 0. The summed E-state index contributed by atoms with van der Waals surface area (Å²) in [5.41, 5.74) is 2.72. The Labute approximate surface area is 114 Å². The summed E-state index contributed by atoms with van der Waals surface area (Å²) in [6.45, 7) is 5.16. The van der Waals surface area contributed by atoms with Gasteiger partial charge in [0.15, 0.2) is 0 Å². The summed E-state index contributed by atoms with van der Waals surface area (Å²) in [4.78, 5) is 13.5. The van der Waals surface area contributed by atoms with Crippen molar-refractivity contribution in [2.45, 2.75) is 32.4 Å². The van der Waals surface area contributed by atoms with E-state index < -0.39 is 12.0 Å². The van der Waals surface area contributed by atoms with Gasteiger partial charge in [0.2, 0.25) is 0 Å². The van der Waals surface area contributed by atoms with Crippen molar-refractivity contribution in [3.8, 4) is 0 Å². The quantitative estimate of drug-likeness (QED) is 0.815. The lowest BCUT2D eigenvalue weighted by Gasteiger charge is -2.30. The Balaban J connectivity index is 1.94. The number of fused-ring (bicyclic) bond motifs is 1. The average Bonchev–Trinajstić information content (AvgIpc) is 2.43. The molecule has 2 N–H and O–H groups in total. The van der Waals surface area contributed by atoms with Crippen LogP contribution in [-0.2, 0) is 17.8 Å². The average molecular weight is 262 g/mol. The molecule has 0 bridgehead atoms. The van der Waals surface area contributed by atoms with Gasteiger partial charge in [0, 0.05) is 19.6 Å². The lowest BCUT2D eigenvalue weighted by molar-refractivity contribution is -0.140. The molecule has 104 valence electrons. The Bertz CT molecular complexity index is 434. The van der Waals surface area contributed by atoms with E-state index in [2.05, 4.69) is 28.4 Å². The van der Waals surface area contributed by atoms with E-state index in [4.69, 9.17) is 0 Å². The zero-order valence-corrected chi connectivity index (χ0v) is 11.4. The molecule has 1 unspecified atom stereocenters. The molecule has 1 aromatic rings. The SMILES string of the molecule is CCCNC(CN1CCc2ccccc2C1)C(=O)O. The number of benzene rings is 1. The van der Waals surface area contributed by atoms with Crippen molar-refractivity contribution < 1.29 is 9.90 Å². The van der Waals surface area contributed by atoms with Crippen LogP contribution in [-0.4, -0.2) is 41.7 Å². The first kappa shape index (κ1) is 14.0. The van der Waals surface area contributed by atoms with Crippen LogP contribution in [0.25, 0.3) is 0 Å². The van der Waals surface area contributed by atoms with Crippen LogP contribution in [0.5, 0.6) is 0 Å². The molecule has 0 radical (unpaired) electrons. The Hall–Kier alpha value is -1.39. The van der Waals surface area contributed by atoms with Gasteiger partial charge in [0.05, 0.1) is 0 Å². The monoisotopic (exact) mass is 262 g/mol. The first-order chi connectivity index (χ1) is 9.20. The third-order valence-corrected chi connectivity index (χ3v) is 3.59. The van der Waals surface area contributed by atoms with E-state index in [0.29, 0.717) is 6.54 Å². The molecule has 1 aromatic carbocycles. The summed E-state index contributed by atoms with van der Waals surface area (Å²) in [6.07, 6.45) is 1.96. The zero-order valence-electron chi connectivity index (χ0n) is 11.4. The summed E-state index contributed by atoms with van der Waals surface area (Å²) in [7, 11) is 0. The second kappa shape index (κ2) is 6.68. The van der Waals surface area contributed by atoms with E-state index in [1.54, 1.807) is 0 Å². The predicted octanol–water partition coefficient (Wildman–Crippen LogP) is 1.50. The highest BCUT2D eigenvalue weighted by molar-refractivity contribution is 5.73. The zero-order chi connectivity index (χ0) is 13.7. The van der Waals surface area contributed by atoms with Gasteiger partial charge in [0.1, 0.15) is 6.04 Å². The maximum Gasteiger partial charge on any atom is 0.322 e. The molecule has 0 spiro atoms. The Morgan fingerprint density at radius 3 is 2.84 bits per heavy atom. The molecule has 4 nitrogen and oxygen atoms in total. The fraction of sp³-hybridized carbons (Fsp3) is 0.533. The van der Waals surface area contributed by atoms with E-state index in [1.807, 2.05) is 13.0 Å². The molecular weight excluding hydrogens is 240 g/mol. The number of hydrogen-bond donors (Lipinski definition) is 2. The standard InChI is InChI=1S/C15H22N2O2/c1-2-8-16-14(15(18)19)11-17-9-7-12-5-3-4-6-13(12)10-17/h3-6,14,16H,2,7-11H2,1H3,(H,18,19). The second-order valence-corrected chi connectivity index (χ2v) is 5.10. The minimum atomic E-state index is -0.757. The van der Waals surface area contributed by atoms with E-state index in [1.165, 1.54) is 11.1 Å². The third kappa shape index (κ3) is 3.78. The maximum atomic E-state index is 11.2. The van der Waals surface area contributed by atoms with Gasteiger partial charge >= 0.3 is 5.97 Å². The van der Waals surface area contributed by atoms with Gasteiger partial charge in [-0.2, -0.15) is 0 Å². The molecule has 4 heteroatoms. The van der Waals surface area contributed by atoms with Crippen molar-refractivity contribution in [2.24, 2.45) is 0 Å². The molecule has 1 aliphatic heterocycles. The van der Waals surface area contributed by atoms with Crippen LogP contribution in [0.3, 0.4) is 0 Å². The summed E-state index contributed by atoms with van der Waals surface area (Å²) in [6, 6.07) is 7.95. The van der Waals surface area contributed by atoms with Crippen LogP contribution in [0.1, 0.15) is 24.5 Å². The summed E-state index contributed by atoms with van der Waals surface area (Å²) < 4.78 is 0. The fourth-order valence-electron chi connectivity index (χ4n) is 2.52. The molecule has 0 aromatic heterocycles. The molecule has 0 fully saturated rings. The molecule has 1 atom stereocenters. The number of rotatable bonds is 6. The first-order valence-electron chi connectivity index (χ1n) is 6.96. The van der Waals surface area contributed by atoms with Crippen LogP contribution >= 0.6 is 0 Å². The van der Waals surface area contributed by atoms with Crippen molar-refractivity contribution in [1.82, 2.24) is 10.2 Å². The molecule has 0 amide bonds.